The molecule has 0 aliphatic carbocycles. The molecule has 0 fully saturated rings. The fourth-order valence-electron chi connectivity index (χ4n) is 1.98. The molecule has 20 heavy (non-hydrogen) atoms. The largest absolute Gasteiger partial charge is 0.354 e. The van der Waals surface area contributed by atoms with Gasteiger partial charge in [-0.15, -0.1) is 0 Å². The normalized spacial score (nSPS) is 10.7. The van der Waals surface area contributed by atoms with Gasteiger partial charge in [0.25, 0.3) is 0 Å². The van der Waals surface area contributed by atoms with Crippen LogP contribution >= 0.6 is 11.6 Å². The summed E-state index contributed by atoms with van der Waals surface area (Å²) < 4.78 is 5.13. The molecule has 0 radical (unpaired) electrons. The van der Waals surface area contributed by atoms with Gasteiger partial charge in [-0.25, -0.2) is 0 Å². The van der Waals surface area contributed by atoms with E-state index in [1.165, 1.54) is 0 Å². The highest BCUT2D eigenvalue weighted by Gasteiger charge is 2.11. The Balaban J connectivity index is 1.76. The molecule has 2 aromatic carbocycles. The molecule has 1 heterocycles. The number of fused-ring (bicyclic) bond motifs is 1. The van der Waals surface area contributed by atoms with Crippen LogP contribution in [0.5, 0.6) is 0 Å². The summed E-state index contributed by atoms with van der Waals surface area (Å²) in [5.41, 5.74) is 1.49. The van der Waals surface area contributed by atoms with Crippen molar-refractivity contribution in [2.45, 2.75) is 6.42 Å². The lowest BCUT2D eigenvalue weighted by molar-refractivity contribution is -0.115. The standard InChI is InChI=1S/C15H11ClN2O2/c16-11-5-3-4-10(8-11)9-14(19)17-15-12-6-1-2-7-13(12)20-18-15/h1-8H,9H2,(H,17,18,19). The molecule has 3 rings (SSSR count). The van der Waals surface area contributed by atoms with Crippen LogP contribution < -0.4 is 5.32 Å². The number of anilines is 1. The summed E-state index contributed by atoms with van der Waals surface area (Å²) in [6.45, 7) is 0. The molecule has 0 saturated heterocycles. The van der Waals surface area contributed by atoms with Gasteiger partial charge in [0.05, 0.1) is 11.8 Å². The smallest absolute Gasteiger partial charge is 0.230 e. The topological polar surface area (TPSA) is 55.1 Å². The molecule has 0 spiro atoms. The lowest BCUT2D eigenvalue weighted by atomic mass is 10.1. The van der Waals surface area contributed by atoms with Gasteiger partial charge in [0.15, 0.2) is 11.4 Å². The van der Waals surface area contributed by atoms with Gasteiger partial charge < -0.3 is 9.84 Å². The zero-order chi connectivity index (χ0) is 13.9. The maximum absolute atomic E-state index is 12.0. The van der Waals surface area contributed by atoms with Crippen molar-refractivity contribution >= 4 is 34.3 Å². The Hall–Kier alpha value is -2.33. The maximum Gasteiger partial charge on any atom is 0.230 e. The summed E-state index contributed by atoms with van der Waals surface area (Å²) in [6, 6.07) is 14.6. The minimum atomic E-state index is -0.161. The molecule has 1 aromatic heterocycles. The first-order chi connectivity index (χ1) is 9.72. The number of hydrogen-bond acceptors (Lipinski definition) is 3. The Morgan fingerprint density at radius 2 is 2.05 bits per heavy atom. The molecule has 0 aliphatic rings. The SMILES string of the molecule is O=C(Cc1cccc(Cl)c1)Nc1noc2ccccc12. The zero-order valence-corrected chi connectivity index (χ0v) is 11.2. The number of hydrogen-bond donors (Lipinski definition) is 1. The Kier molecular flexibility index (Phi) is 3.39. The van der Waals surface area contributed by atoms with Crippen molar-refractivity contribution in [1.29, 1.82) is 0 Å². The van der Waals surface area contributed by atoms with Gasteiger partial charge in [0.1, 0.15) is 0 Å². The first-order valence-corrected chi connectivity index (χ1v) is 6.49. The third-order valence-corrected chi connectivity index (χ3v) is 3.12. The Morgan fingerprint density at radius 1 is 1.20 bits per heavy atom. The van der Waals surface area contributed by atoms with Crippen LogP contribution in [0.3, 0.4) is 0 Å². The first kappa shape index (κ1) is 12.7. The van der Waals surface area contributed by atoms with Crippen LogP contribution in [-0.2, 0) is 11.2 Å². The second-order valence-corrected chi connectivity index (χ2v) is 4.82. The summed E-state index contributed by atoms with van der Waals surface area (Å²) in [6.07, 6.45) is 0.238. The van der Waals surface area contributed by atoms with E-state index < -0.39 is 0 Å². The quantitative estimate of drug-likeness (QED) is 0.799. The molecular formula is C15H11ClN2O2. The maximum atomic E-state index is 12.0. The molecule has 1 N–H and O–H groups in total. The summed E-state index contributed by atoms with van der Waals surface area (Å²) >= 11 is 5.89. The van der Waals surface area contributed by atoms with Crippen molar-refractivity contribution in [2.75, 3.05) is 5.32 Å². The van der Waals surface area contributed by atoms with Crippen LogP contribution in [0.1, 0.15) is 5.56 Å². The number of para-hydroxylation sites is 1. The summed E-state index contributed by atoms with van der Waals surface area (Å²) in [4.78, 5) is 12.0. The van der Waals surface area contributed by atoms with Crippen LogP contribution in [-0.4, -0.2) is 11.1 Å². The molecule has 0 bridgehead atoms. The molecule has 0 saturated carbocycles. The molecule has 0 unspecified atom stereocenters. The Bertz CT molecular complexity index is 767. The van der Waals surface area contributed by atoms with E-state index in [-0.39, 0.29) is 12.3 Å². The third kappa shape index (κ3) is 2.65. The van der Waals surface area contributed by atoms with Crippen molar-refractivity contribution in [3.63, 3.8) is 0 Å². The first-order valence-electron chi connectivity index (χ1n) is 6.11. The minimum absolute atomic E-state index is 0.161. The molecule has 5 heteroatoms. The number of nitrogens with zero attached hydrogens (tertiary/aromatic N) is 1. The molecule has 0 aliphatic heterocycles. The third-order valence-electron chi connectivity index (χ3n) is 2.89. The van der Waals surface area contributed by atoms with E-state index in [2.05, 4.69) is 10.5 Å². The zero-order valence-electron chi connectivity index (χ0n) is 10.5. The number of aromatic nitrogens is 1. The molecule has 4 nitrogen and oxygen atoms in total. The minimum Gasteiger partial charge on any atom is -0.354 e. The van der Waals surface area contributed by atoms with E-state index in [4.69, 9.17) is 16.1 Å². The molecule has 100 valence electrons. The lowest BCUT2D eigenvalue weighted by Gasteiger charge is -2.02. The van der Waals surface area contributed by atoms with E-state index in [0.717, 1.165) is 10.9 Å². The van der Waals surface area contributed by atoms with Gasteiger partial charge in [-0.2, -0.15) is 0 Å². The van der Waals surface area contributed by atoms with Crippen molar-refractivity contribution in [1.82, 2.24) is 5.16 Å². The van der Waals surface area contributed by atoms with Gasteiger partial charge in [-0.05, 0) is 29.8 Å². The predicted octanol–water partition coefficient (Wildman–Crippen LogP) is 3.66. The van der Waals surface area contributed by atoms with E-state index in [1.54, 1.807) is 18.2 Å². The second-order valence-electron chi connectivity index (χ2n) is 4.38. The molecule has 1 amide bonds. The number of rotatable bonds is 3. The van der Waals surface area contributed by atoms with Crippen molar-refractivity contribution in [3.8, 4) is 0 Å². The van der Waals surface area contributed by atoms with Crippen molar-refractivity contribution in [2.24, 2.45) is 0 Å². The number of nitrogens with one attached hydrogen (secondary N) is 1. The number of benzene rings is 2. The average Bonchev–Trinajstić information content (AvgIpc) is 2.82. The molecule has 3 aromatic rings. The summed E-state index contributed by atoms with van der Waals surface area (Å²) in [5.74, 6) is 0.277. The van der Waals surface area contributed by atoms with Gasteiger partial charge in [-0.1, -0.05) is 41.0 Å². The van der Waals surface area contributed by atoms with Gasteiger partial charge in [-0.3, -0.25) is 4.79 Å². The van der Waals surface area contributed by atoms with Crippen LogP contribution in [0.15, 0.2) is 53.1 Å². The number of carbonyl (C=O) groups is 1. The monoisotopic (exact) mass is 286 g/mol. The van der Waals surface area contributed by atoms with Crippen LogP contribution in [0.4, 0.5) is 5.82 Å². The van der Waals surface area contributed by atoms with Crippen molar-refractivity contribution in [3.05, 3.63) is 59.1 Å². The highest BCUT2D eigenvalue weighted by atomic mass is 35.5. The van der Waals surface area contributed by atoms with Crippen LogP contribution in [0.2, 0.25) is 5.02 Å². The lowest BCUT2D eigenvalue weighted by Crippen LogP contribution is -2.14. The van der Waals surface area contributed by atoms with Gasteiger partial charge in [0.2, 0.25) is 5.91 Å². The number of amides is 1. The average molecular weight is 287 g/mol. The fraction of sp³-hybridized carbons (Fsp3) is 0.0667. The molecule has 0 atom stereocenters. The molecular weight excluding hydrogens is 276 g/mol. The van der Waals surface area contributed by atoms with E-state index >= 15 is 0 Å². The fourth-order valence-corrected chi connectivity index (χ4v) is 2.20. The number of carbonyl (C=O) groups excluding carboxylic acids is 1. The van der Waals surface area contributed by atoms with Crippen LogP contribution in [0.25, 0.3) is 11.0 Å². The van der Waals surface area contributed by atoms with Gasteiger partial charge >= 0.3 is 0 Å². The summed E-state index contributed by atoms with van der Waals surface area (Å²) in [7, 11) is 0. The summed E-state index contributed by atoms with van der Waals surface area (Å²) in [5, 5.41) is 8.00. The van der Waals surface area contributed by atoms with E-state index in [9.17, 15) is 4.79 Å². The van der Waals surface area contributed by atoms with Crippen molar-refractivity contribution < 1.29 is 9.32 Å². The Morgan fingerprint density at radius 3 is 2.90 bits per heavy atom. The number of halogens is 1. The highest BCUT2D eigenvalue weighted by molar-refractivity contribution is 6.30. The Labute approximate surface area is 120 Å². The highest BCUT2D eigenvalue weighted by Crippen LogP contribution is 2.22. The predicted molar refractivity (Wildman–Crippen MR) is 77.8 cm³/mol. The van der Waals surface area contributed by atoms with E-state index in [1.807, 2.05) is 30.3 Å². The van der Waals surface area contributed by atoms with Crippen LogP contribution in [0, 0.1) is 0 Å². The second kappa shape index (κ2) is 5.35. The van der Waals surface area contributed by atoms with E-state index in [0.29, 0.717) is 16.4 Å². The van der Waals surface area contributed by atoms with Gasteiger partial charge in [0, 0.05) is 5.02 Å².